The lowest BCUT2D eigenvalue weighted by Crippen LogP contribution is -2.38. The number of amides is 1. The maximum absolute atomic E-state index is 13.1. The zero-order valence-electron chi connectivity index (χ0n) is 15.9. The summed E-state index contributed by atoms with van der Waals surface area (Å²) in [6.07, 6.45) is 5.33. The number of nitrogens with zero attached hydrogens (tertiary/aromatic N) is 3. The first kappa shape index (κ1) is 18.2. The van der Waals surface area contributed by atoms with E-state index in [1.54, 1.807) is 19.4 Å². The van der Waals surface area contributed by atoms with Gasteiger partial charge in [0.05, 0.1) is 24.5 Å². The highest BCUT2D eigenvalue weighted by Gasteiger charge is 2.31. The van der Waals surface area contributed by atoms with Crippen LogP contribution < -0.4 is 4.74 Å². The number of pyridine rings is 1. The monoisotopic (exact) mass is 377 g/mol. The summed E-state index contributed by atoms with van der Waals surface area (Å²) >= 11 is 0. The Balaban J connectivity index is 1.51. The smallest absolute Gasteiger partial charge is 0.293 e. The van der Waals surface area contributed by atoms with Crippen LogP contribution in [-0.4, -0.2) is 34.6 Å². The van der Waals surface area contributed by atoms with Gasteiger partial charge in [0.15, 0.2) is 0 Å². The van der Waals surface area contributed by atoms with E-state index in [4.69, 9.17) is 9.26 Å². The van der Waals surface area contributed by atoms with Crippen LogP contribution in [0.25, 0.3) is 0 Å². The summed E-state index contributed by atoms with van der Waals surface area (Å²) in [6, 6.07) is 15.3. The molecule has 0 aliphatic carbocycles. The number of rotatable bonds is 5. The van der Waals surface area contributed by atoms with Gasteiger partial charge in [-0.15, -0.1) is 0 Å². The normalized spacial score (nSPS) is 16.8. The van der Waals surface area contributed by atoms with E-state index in [1.165, 1.54) is 0 Å². The van der Waals surface area contributed by atoms with Gasteiger partial charge in [-0.3, -0.25) is 9.78 Å². The molecule has 6 heteroatoms. The Hall–Kier alpha value is -3.15. The number of likely N-dealkylation sites (tertiary alicyclic amines) is 1. The van der Waals surface area contributed by atoms with Crippen molar-refractivity contribution in [1.29, 1.82) is 0 Å². The maximum atomic E-state index is 13.1. The number of methoxy groups -OCH3 is 1. The molecule has 0 bridgehead atoms. The fraction of sp³-hybridized carbons (Fsp3) is 0.318. The van der Waals surface area contributed by atoms with Gasteiger partial charge in [0.1, 0.15) is 5.75 Å². The summed E-state index contributed by atoms with van der Waals surface area (Å²) in [6.45, 7) is 0.700. The average Bonchev–Trinajstić information content (AvgIpc) is 3.22. The lowest BCUT2D eigenvalue weighted by molar-refractivity contribution is 0.0564. The Morgan fingerprint density at radius 2 is 2.14 bits per heavy atom. The SMILES string of the molecule is COc1cccc(Cc2cc(C(=O)N3CCCC[C@@H]3c3ccccn3)on2)c1. The van der Waals surface area contributed by atoms with Crippen LogP contribution in [-0.2, 0) is 6.42 Å². The highest BCUT2D eigenvalue weighted by atomic mass is 16.5. The first-order chi connectivity index (χ1) is 13.7. The summed E-state index contributed by atoms with van der Waals surface area (Å²) in [5.41, 5.74) is 2.70. The van der Waals surface area contributed by atoms with Crippen molar-refractivity contribution in [1.82, 2.24) is 15.0 Å². The molecule has 1 fully saturated rings. The van der Waals surface area contributed by atoms with Gasteiger partial charge in [0, 0.05) is 25.2 Å². The Labute approximate surface area is 164 Å². The molecule has 1 amide bonds. The molecule has 0 unspecified atom stereocenters. The van der Waals surface area contributed by atoms with Crippen LogP contribution in [0, 0.1) is 0 Å². The van der Waals surface area contributed by atoms with Gasteiger partial charge in [0.25, 0.3) is 5.91 Å². The largest absolute Gasteiger partial charge is 0.497 e. The molecule has 2 aromatic heterocycles. The third-order valence-electron chi connectivity index (χ3n) is 5.08. The zero-order valence-corrected chi connectivity index (χ0v) is 15.9. The van der Waals surface area contributed by atoms with Gasteiger partial charge in [-0.25, -0.2) is 0 Å². The lowest BCUT2D eigenvalue weighted by Gasteiger charge is -2.34. The molecule has 144 valence electrons. The predicted molar refractivity (Wildman–Crippen MR) is 104 cm³/mol. The van der Waals surface area contributed by atoms with Crippen molar-refractivity contribution in [3.63, 3.8) is 0 Å². The molecule has 0 saturated carbocycles. The van der Waals surface area contributed by atoms with Crippen LogP contribution in [0.3, 0.4) is 0 Å². The summed E-state index contributed by atoms with van der Waals surface area (Å²) in [7, 11) is 1.64. The molecule has 3 heterocycles. The van der Waals surface area contributed by atoms with E-state index in [0.29, 0.717) is 13.0 Å². The van der Waals surface area contributed by atoms with E-state index >= 15 is 0 Å². The Kier molecular flexibility index (Phi) is 5.37. The number of carbonyl (C=O) groups is 1. The fourth-order valence-electron chi connectivity index (χ4n) is 3.68. The molecule has 6 nitrogen and oxygen atoms in total. The summed E-state index contributed by atoms with van der Waals surface area (Å²) in [4.78, 5) is 19.4. The summed E-state index contributed by atoms with van der Waals surface area (Å²) < 4.78 is 10.7. The minimum atomic E-state index is -0.125. The maximum Gasteiger partial charge on any atom is 0.293 e. The minimum Gasteiger partial charge on any atom is -0.497 e. The molecule has 1 aromatic carbocycles. The molecule has 1 saturated heterocycles. The molecule has 3 aromatic rings. The van der Waals surface area contributed by atoms with E-state index in [9.17, 15) is 4.79 Å². The molecule has 1 atom stereocenters. The van der Waals surface area contributed by atoms with E-state index < -0.39 is 0 Å². The van der Waals surface area contributed by atoms with E-state index in [0.717, 1.165) is 42.0 Å². The first-order valence-corrected chi connectivity index (χ1v) is 9.55. The molecule has 28 heavy (non-hydrogen) atoms. The van der Waals surface area contributed by atoms with Crippen molar-refractivity contribution >= 4 is 5.91 Å². The van der Waals surface area contributed by atoms with Gasteiger partial charge < -0.3 is 14.2 Å². The Morgan fingerprint density at radius 3 is 2.96 bits per heavy atom. The quantitative estimate of drug-likeness (QED) is 0.671. The number of hydrogen-bond donors (Lipinski definition) is 0. The van der Waals surface area contributed by atoms with Crippen LogP contribution in [0.15, 0.2) is 59.3 Å². The molecule has 4 rings (SSSR count). The van der Waals surface area contributed by atoms with Gasteiger partial charge in [-0.2, -0.15) is 0 Å². The minimum absolute atomic E-state index is 0.0191. The van der Waals surface area contributed by atoms with Crippen LogP contribution in [0.1, 0.15) is 52.8 Å². The number of benzene rings is 1. The van der Waals surface area contributed by atoms with Gasteiger partial charge in [0.2, 0.25) is 5.76 Å². The third-order valence-corrected chi connectivity index (χ3v) is 5.08. The fourth-order valence-corrected chi connectivity index (χ4v) is 3.68. The number of piperidine rings is 1. The van der Waals surface area contributed by atoms with Crippen LogP contribution in [0.2, 0.25) is 0 Å². The molecule has 1 aliphatic heterocycles. The number of ether oxygens (including phenoxy) is 1. The van der Waals surface area contributed by atoms with Crippen molar-refractivity contribution in [2.24, 2.45) is 0 Å². The summed E-state index contributed by atoms with van der Waals surface area (Å²) in [5, 5.41) is 4.10. The Morgan fingerprint density at radius 1 is 1.21 bits per heavy atom. The van der Waals surface area contributed by atoms with E-state index in [2.05, 4.69) is 10.1 Å². The van der Waals surface area contributed by atoms with Gasteiger partial charge in [-0.1, -0.05) is 23.4 Å². The predicted octanol–water partition coefficient (Wildman–Crippen LogP) is 4.04. The molecule has 0 N–H and O–H groups in total. The number of carbonyl (C=O) groups excluding carboxylic acids is 1. The highest BCUT2D eigenvalue weighted by molar-refractivity contribution is 5.91. The Bertz CT molecular complexity index is 939. The van der Waals surface area contributed by atoms with Crippen LogP contribution >= 0.6 is 0 Å². The van der Waals surface area contributed by atoms with Crippen LogP contribution in [0.5, 0.6) is 5.75 Å². The average molecular weight is 377 g/mol. The molecular formula is C22H23N3O3. The molecule has 1 aliphatic rings. The second-order valence-electron chi connectivity index (χ2n) is 6.98. The number of aromatic nitrogens is 2. The van der Waals surface area contributed by atoms with E-state index in [-0.39, 0.29) is 17.7 Å². The molecule has 0 spiro atoms. The topological polar surface area (TPSA) is 68.5 Å². The second kappa shape index (κ2) is 8.25. The number of hydrogen-bond acceptors (Lipinski definition) is 5. The molecule has 0 radical (unpaired) electrons. The van der Waals surface area contributed by atoms with Gasteiger partial charge >= 0.3 is 0 Å². The summed E-state index contributed by atoms with van der Waals surface area (Å²) in [5.74, 6) is 0.948. The van der Waals surface area contributed by atoms with Crippen molar-refractivity contribution < 1.29 is 14.1 Å². The van der Waals surface area contributed by atoms with Crippen molar-refractivity contribution in [3.05, 3.63) is 77.4 Å². The standard InChI is InChI=1S/C22H23N3O3/c1-27-18-8-6-7-16(14-18)13-17-15-21(28-24-17)22(26)25-12-5-3-10-20(25)19-9-2-4-11-23-19/h2,4,6-9,11,14-15,20H,3,5,10,12-13H2,1H3/t20-/m1/s1. The van der Waals surface area contributed by atoms with Crippen molar-refractivity contribution in [2.75, 3.05) is 13.7 Å². The van der Waals surface area contributed by atoms with E-state index in [1.807, 2.05) is 47.4 Å². The van der Waals surface area contributed by atoms with Crippen LogP contribution in [0.4, 0.5) is 0 Å². The molecular weight excluding hydrogens is 354 g/mol. The zero-order chi connectivity index (χ0) is 19.3. The van der Waals surface area contributed by atoms with Gasteiger partial charge in [-0.05, 0) is 49.1 Å². The second-order valence-corrected chi connectivity index (χ2v) is 6.98. The highest BCUT2D eigenvalue weighted by Crippen LogP contribution is 2.31. The lowest BCUT2D eigenvalue weighted by atomic mass is 9.98. The third kappa shape index (κ3) is 3.91. The van der Waals surface area contributed by atoms with Crippen molar-refractivity contribution in [3.8, 4) is 5.75 Å². The first-order valence-electron chi connectivity index (χ1n) is 9.55. The van der Waals surface area contributed by atoms with Crippen molar-refractivity contribution in [2.45, 2.75) is 31.7 Å².